The summed E-state index contributed by atoms with van der Waals surface area (Å²) < 4.78 is 5.52. The molecular weight excluding hydrogens is 351 g/mol. The fourth-order valence-corrected chi connectivity index (χ4v) is 2.32. The molecule has 0 aromatic heterocycles. The lowest BCUT2D eigenvalue weighted by Crippen LogP contribution is -2.43. The number of rotatable bonds is 6. The molecule has 2 aromatic rings. The summed E-state index contributed by atoms with van der Waals surface area (Å²) in [6.45, 7) is 1.56. The Morgan fingerprint density at radius 3 is 2.33 bits per heavy atom. The van der Waals surface area contributed by atoms with Crippen LogP contribution in [0.1, 0.15) is 18.5 Å². The van der Waals surface area contributed by atoms with Crippen LogP contribution in [0, 0.1) is 0 Å². The van der Waals surface area contributed by atoms with Crippen LogP contribution in [0.3, 0.4) is 0 Å². The van der Waals surface area contributed by atoms with Crippen LogP contribution < -0.4 is 15.8 Å². The SMILES string of the molecule is CC(Oc1ccc(Cl)c(Cl)c1)C(=O)NC(C(N)=O)c1ccccc1. The monoisotopic (exact) mass is 366 g/mol. The number of primary amides is 1. The second-order valence-electron chi connectivity index (χ2n) is 5.09. The van der Waals surface area contributed by atoms with Crippen molar-refractivity contribution in [2.24, 2.45) is 5.73 Å². The molecule has 0 aliphatic carbocycles. The number of benzene rings is 2. The first-order valence-electron chi connectivity index (χ1n) is 7.15. The van der Waals surface area contributed by atoms with Gasteiger partial charge in [-0.3, -0.25) is 9.59 Å². The molecule has 24 heavy (non-hydrogen) atoms. The van der Waals surface area contributed by atoms with E-state index in [4.69, 9.17) is 33.7 Å². The summed E-state index contributed by atoms with van der Waals surface area (Å²) >= 11 is 11.7. The molecule has 0 saturated heterocycles. The Balaban J connectivity index is 2.06. The highest BCUT2D eigenvalue weighted by Gasteiger charge is 2.24. The van der Waals surface area contributed by atoms with Gasteiger partial charge in [0.05, 0.1) is 10.0 Å². The zero-order valence-electron chi connectivity index (χ0n) is 12.8. The predicted molar refractivity (Wildman–Crippen MR) is 93.1 cm³/mol. The van der Waals surface area contributed by atoms with Crippen LogP contribution in [0.15, 0.2) is 48.5 Å². The molecule has 0 bridgehead atoms. The summed E-state index contributed by atoms with van der Waals surface area (Å²) in [7, 11) is 0. The third-order valence-electron chi connectivity index (χ3n) is 3.28. The fourth-order valence-electron chi connectivity index (χ4n) is 2.03. The normalized spacial score (nSPS) is 13.0. The largest absolute Gasteiger partial charge is 0.481 e. The summed E-state index contributed by atoms with van der Waals surface area (Å²) in [4.78, 5) is 23.9. The van der Waals surface area contributed by atoms with E-state index in [2.05, 4.69) is 5.32 Å². The molecule has 2 rings (SSSR count). The molecule has 0 radical (unpaired) electrons. The summed E-state index contributed by atoms with van der Waals surface area (Å²) in [5, 5.41) is 3.29. The number of hydrogen-bond acceptors (Lipinski definition) is 3. The van der Waals surface area contributed by atoms with Gasteiger partial charge in [0.25, 0.3) is 5.91 Å². The number of carbonyl (C=O) groups excluding carboxylic acids is 2. The van der Waals surface area contributed by atoms with E-state index in [1.54, 1.807) is 49.4 Å². The van der Waals surface area contributed by atoms with Gasteiger partial charge in [0.15, 0.2) is 6.10 Å². The highest BCUT2D eigenvalue weighted by molar-refractivity contribution is 6.42. The zero-order valence-corrected chi connectivity index (χ0v) is 14.3. The maximum absolute atomic E-state index is 12.3. The van der Waals surface area contributed by atoms with Crippen LogP contribution in [0.4, 0.5) is 0 Å². The minimum absolute atomic E-state index is 0.320. The van der Waals surface area contributed by atoms with E-state index < -0.39 is 24.0 Å². The topological polar surface area (TPSA) is 81.4 Å². The van der Waals surface area contributed by atoms with Gasteiger partial charge in [-0.15, -0.1) is 0 Å². The van der Waals surface area contributed by atoms with E-state index in [0.29, 0.717) is 21.4 Å². The molecule has 2 amide bonds. The van der Waals surface area contributed by atoms with Crippen LogP contribution in [0.5, 0.6) is 5.75 Å². The molecule has 2 aromatic carbocycles. The summed E-state index contributed by atoms with van der Waals surface area (Å²) in [6, 6.07) is 12.5. The molecule has 0 spiro atoms. The molecule has 3 N–H and O–H groups in total. The van der Waals surface area contributed by atoms with Crippen molar-refractivity contribution in [1.29, 1.82) is 0 Å². The lowest BCUT2D eigenvalue weighted by molar-refractivity contribution is -0.131. The van der Waals surface area contributed by atoms with Gasteiger partial charge in [-0.1, -0.05) is 53.5 Å². The molecule has 2 unspecified atom stereocenters. The maximum Gasteiger partial charge on any atom is 0.261 e. The molecule has 0 saturated carbocycles. The van der Waals surface area contributed by atoms with Crippen LogP contribution in [0.25, 0.3) is 0 Å². The van der Waals surface area contributed by atoms with Crippen molar-refractivity contribution in [3.8, 4) is 5.75 Å². The van der Waals surface area contributed by atoms with Crippen molar-refractivity contribution in [3.05, 3.63) is 64.1 Å². The zero-order chi connectivity index (χ0) is 17.7. The van der Waals surface area contributed by atoms with Crippen molar-refractivity contribution in [1.82, 2.24) is 5.32 Å². The Hall–Kier alpha value is -2.24. The first kappa shape index (κ1) is 18.1. The van der Waals surface area contributed by atoms with Crippen LogP contribution in [0.2, 0.25) is 10.0 Å². The summed E-state index contributed by atoms with van der Waals surface area (Å²) in [5.41, 5.74) is 5.98. The molecule has 0 aliphatic heterocycles. The number of nitrogens with two attached hydrogens (primary N) is 1. The smallest absolute Gasteiger partial charge is 0.261 e. The van der Waals surface area contributed by atoms with Crippen molar-refractivity contribution in [2.45, 2.75) is 19.1 Å². The number of carbonyl (C=O) groups is 2. The Kier molecular flexibility index (Phi) is 6.06. The molecule has 2 atom stereocenters. The second kappa shape index (κ2) is 8.04. The highest BCUT2D eigenvalue weighted by atomic mass is 35.5. The average molecular weight is 367 g/mol. The first-order valence-corrected chi connectivity index (χ1v) is 7.90. The lowest BCUT2D eigenvalue weighted by Gasteiger charge is -2.20. The van der Waals surface area contributed by atoms with E-state index >= 15 is 0 Å². The number of hydrogen-bond donors (Lipinski definition) is 2. The molecule has 0 aliphatic rings. The van der Waals surface area contributed by atoms with Gasteiger partial charge < -0.3 is 15.8 Å². The molecule has 126 valence electrons. The van der Waals surface area contributed by atoms with E-state index in [0.717, 1.165) is 0 Å². The Morgan fingerprint density at radius 1 is 1.08 bits per heavy atom. The van der Waals surface area contributed by atoms with Gasteiger partial charge >= 0.3 is 0 Å². The van der Waals surface area contributed by atoms with Gasteiger partial charge in [-0.25, -0.2) is 0 Å². The molecule has 0 heterocycles. The van der Waals surface area contributed by atoms with Gasteiger partial charge in [0.2, 0.25) is 5.91 Å². The van der Waals surface area contributed by atoms with E-state index in [1.807, 2.05) is 0 Å². The minimum Gasteiger partial charge on any atom is -0.481 e. The van der Waals surface area contributed by atoms with Crippen LogP contribution in [-0.4, -0.2) is 17.9 Å². The molecule has 5 nitrogen and oxygen atoms in total. The fraction of sp³-hybridized carbons (Fsp3) is 0.176. The molecular formula is C17H16Cl2N2O3. The van der Waals surface area contributed by atoms with E-state index in [-0.39, 0.29) is 0 Å². The van der Waals surface area contributed by atoms with Gasteiger partial charge in [0.1, 0.15) is 11.8 Å². The average Bonchev–Trinajstić information content (AvgIpc) is 2.56. The van der Waals surface area contributed by atoms with Gasteiger partial charge in [0, 0.05) is 6.07 Å². The number of halogens is 2. The number of ether oxygens (including phenoxy) is 1. The van der Waals surface area contributed by atoms with E-state index in [1.165, 1.54) is 6.07 Å². The van der Waals surface area contributed by atoms with Crippen LogP contribution in [-0.2, 0) is 9.59 Å². The molecule has 7 heteroatoms. The van der Waals surface area contributed by atoms with Crippen molar-refractivity contribution < 1.29 is 14.3 Å². The minimum atomic E-state index is -0.932. The maximum atomic E-state index is 12.3. The Labute approximate surface area is 149 Å². The van der Waals surface area contributed by atoms with Crippen molar-refractivity contribution in [2.75, 3.05) is 0 Å². The predicted octanol–water partition coefficient (Wildman–Crippen LogP) is 3.10. The van der Waals surface area contributed by atoms with E-state index in [9.17, 15) is 9.59 Å². The number of nitrogens with one attached hydrogen (secondary N) is 1. The Bertz CT molecular complexity index is 738. The highest BCUT2D eigenvalue weighted by Crippen LogP contribution is 2.27. The van der Waals surface area contributed by atoms with Gasteiger partial charge in [-0.2, -0.15) is 0 Å². The third-order valence-corrected chi connectivity index (χ3v) is 4.02. The van der Waals surface area contributed by atoms with Gasteiger partial charge in [-0.05, 0) is 24.6 Å². The Morgan fingerprint density at radius 2 is 1.75 bits per heavy atom. The van der Waals surface area contributed by atoms with Crippen molar-refractivity contribution in [3.63, 3.8) is 0 Å². The second-order valence-corrected chi connectivity index (χ2v) is 5.91. The first-order chi connectivity index (χ1) is 11.4. The quantitative estimate of drug-likeness (QED) is 0.823. The van der Waals surface area contributed by atoms with Crippen LogP contribution >= 0.6 is 23.2 Å². The lowest BCUT2D eigenvalue weighted by atomic mass is 10.1. The standard InChI is InChI=1S/C17H16Cl2N2O3/c1-10(24-12-7-8-13(18)14(19)9-12)17(23)21-15(16(20)22)11-5-3-2-4-6-11/h2-10,15H,1H3,(H2,20,22)(H,21,23). The summed E-state index contributed by atoms with van der Waals surface area (Å²) in [6.07, 6.45) is -0.854. The van der Waals surface area contributed by atoms with Crippen molar-refractivity contribution >= 4 is 35.0 Å². The summed E-state index contributed by atoms with van der Waals surface area (Å²) in [5.74, 6) is -0.743. The third kappa shape index (κ3) is 4.63. The molecule has 0 fully saturated rings. The number of amides is 2.